The molecule has 0 saturated heterocycles. The van der Waals surface area contributed by atoms with E-state index in [0.29, 0.717) is 4.47 Å². The second-order valence-electron chi connectivity index (χ2n) is 4.74. The fraction of sp³-hybridized carbons (Fsp3) is 0.231. The summed E-state index contributed by atoms with van der Waals surface area (Å²) in [4.78, 5) is 5.39. The average molecular weight is 401 g/mol. The van der Waals surface area contributed by atoms with Crippen molar-refractivity contribution in [3.05, 3.63) is 45.1 Å². The Bertz CT molecular complexity index is 946. The Balaban J connectivity index is 1.88. The van der Waals surface area contributed by atoms with E-state index in [9.17, 15) is 8.42 Å². The average Bonchev–Trinajstić information content (AvgIpc) is 2.92. The molecule has 0 radical (unpaired) electrons. The van der Waals surface area contributed by atoms with Crippen molar-refractivity contribution in [3.8, 4) is 0 Å². The second kappa shape index (κ2) is 5.73. The zero-order valence-electron chi connectivity index (χ0n) is 11.9. The smallest absolute Gasteiger partial charge is 0.223 e. The number of benzene rings is 1. The summed E-state index contributed by atoms with van der Waals surface area (Å²) in [6, 6.07) is 6.58. The molecule has 0 aliphatic heterocycles. The summed E-state index contributed by atoms with van der Waals surface area (Å²) in [7, 11) is -3.58. The van der Waals surface area contributed by atoms with E-state index < -0.39 is 10.0 Å². The highest BCUT2D eigenvalue weighted by Gasteiger charge is 2.18. The van der Waals surface area contributed by atoms with Crippen molar-refractivity contribution in [2.45, 2.75) is 25.3 Å². The lowest BCUT2D eigenvalue weighted by Crippen LogP contribution is -2.24. The Morgan fingerprint density at radius 3 is 2.86 bits per heavy atom. The first-order valence-electron chi connectivity index (χ1n) is 6.44. The number of imidazole rings is 1. The molecular formula is C13H13BrN4O2S2. The minimum Gasteiger partial charge on any atom is -0.223 e. The van der Waals surface area contributed by atoms with Gasteiger partial charge in [-0.2, -0.15) is 5.10 Å². The number of sulfonamides is 1. The third-order valence-corrected chi connectivity index (χ3v) is 5.85. The van der Waals surface area contributed by atoms with Crippen molar-refractivity contribution in [1.29, 1.82) is 0 Å². The lowest BCUT2D eigenvalue weighted by atomic mass is 10.3. The fourth-order valence-electron chi connectivity index (χ4n) is 2.07. The van der Waals surface area contributed by atoms with Gasteiger partial charge < -0.3 is 0 Å². The van der Waals surface area contributed by atoms with Crippen molar-refractivity contribution in [2.24, 2.45) is 0 Å². The van der Waals surface area contributed by atoms with Crippen LogP contribution in [0.15, 0.2) is 33.6 Å². The Morgan fingerprint density at radius 2 is 2.14 bits per heavy atom. The molecule has 0 saturated carbocycles. The minimum absolute atomic E-state index is 0.144. The van der Waals surface area contributed by atoms with Crippen LogP contribution in [-0.2, 0) is 16.6 Å². The summed E-state index contributed by atoms with van der Waals surface area (Å²) < 4.78 is 29.7. The number of rotatable bonds is 4. The molecule has 1 aromatic carbocycles. The second-order valence-corrected chi connectivity index (χ2v) is 8.58. The van der Waals surface area contributed by atoms with Gasteiger partial charge in [-0.3, -0.25) is 0 Å². The fourth-order valence-corrected chi connectivity index (χ4v) is 4.46. The largest absolute Gasteiger partial charge is 0.240 e. The number of halogens is 1. The predicted octanol–water partition coefficient (Wildman–Crippen LogP) is 2.65. The highest BCUT2D eigenvalue weighted by Crippen LogP contribution is 2.19. The van der Waals surface area contributed by atoms with Gasteiger partial charge in [-0.25, -0.2) is 22.6 Å². The lowest BCUT2D eigenvalue weighted by molar-refractivity contribution is 0.579. The number of aryl methyl sites for hydroxylation is 2. The number of hydrogen-bond acceptors (Lipinski definition) is 5. The molecule has 6 nitrogen and oxygen atoms in total. The third kappa shape index (κ3) is 2.94. The molecule has 0 unspecified atom stereocenters. The molecule has 0 aliphatic carbocycles. The molecule has 3 aromatic rings. The normalized spacial score (nSPS) is 12.1. The molecule has 0 fully saturated rings. The first-order chi connectivity index (χ1) is 10.4. The van der Waals surface area contributed by atoms with E-state index in [-0.39, 0.29) is 11.4 Å². The summed E-state index contributed by atoms with van der Waals surface area (Å²) in [5, 5.41) is 5.24. The van der Waals surface area contributed by atoms with Gasteiger partial charge in [-0.15, -0.1) is 0 Å². The zero-order chi connectivity index (χ0) is 15.9. The summed E-state index contributed by atoms with van der Waals surface area (Å²) in [6.07, 6.45) is 0. The summed E-state index contributed by atoms with van der Waals surface area (Å²) in [5.41, 5.74) is 1.52. The molecule has 0 bridgehead atoms. The maximum absolute atomic E-state index is 12.4. The molecule has 0 aliphatic rings. The molecular weight excluding hydrogens is 388 g/mol. The Morgan fingerprint density at radius 1 is 1.36 bits per heavy atom. The molecule has 1 N–H and O–H groups in total. The number of aromatic nitrogens is 3. The van der Waals surface area contributed by atoms with Crippen LogP contribution in [0.4, 0.5) is 0 Å². The van der Waals surface area contributed by atoms with Crippen LogP contribution >= 0.6 is 27.3 Å². The van der Waals surface area contributed by atoms with Crippen LogP contribution in [0.3, 0.4) is 0 Å². The SMILES string of the molecule is Cc1nn2c(CNS(=O)(=O)c3cccc(Br)c3)c(C)nc2s1. The highest BCUT2D eigenvalue weighted by molar-refractivity contribution is 9.10. The first kappa shape index (κ1) is 15.6. The van der Waals surface area contributed by atoms with Crippen molar-refractivity contribution in [1.82, 2.24) is 19.3 Å². The summed E-state index contributed by atoms with van der Waals surface area (Å²) in [6.45, 7) is 3.88. The molecule has 0 spiro atoms. The van der Waals surface area contributed by atoms with Crippen molar-refractivity contribution < 1.29 is 8.42 Å². The summed E-state index contributed by atoms with van der Waals surface area (Å²) in [5.74, 6) is 0. The van der Waals surface area contributed by atoms with E-state index in [1.165, 1.54) is 11.3 Å². The maximum atomic E-state index is 12.4. The zero-order valence-corrected chi connectivity index (χ0v) is 15.1. The molecule has 2 heterocycles. The topological polar surface area (TPSA) is 76.4 Å². The standard InChI is InChI=1S/C13H13BrN4O2S2/c1-8-12(18-13(16-8)21-9(2)17-18)7-15-22(19,20)11-5-3-4-10(14)6-11/h3-6,15H,7H2,1-2H3. The third-order valence-electron chi connectivity index (χ3n) is 3.13. The number of nitrogens with zero attached hydrogens (tertiary/aromatic N) is 3. The predicted molar refractivity (Wildman–Crippen MR) is 88.5 cm³/mol. The van der Waals surface area contributed by atoms with Crippen molar-refractivity contribution in [3.63, 3.8) is 0 Å². The van der Waals surface area contributed by atoms with Crippen LogP contribution in [0.2, 0.25) is 0 Å². The monoisotopic (exact) mass is 400 g/mol. The Kier molecular flexibility index (Phi) is 4.06. The van der Waals surface area contributed by atoms with Gasteiger partial charge in [0.1, 0.15) is 5.01 Å². The number of nitrogens with one attached hydrogen (secondary N) is 1. The van der Waals surface area contributed by atoms with Crippen LogP contribution in [0, 0.1) is 13.8 Å². The van der Waals surface area contributed by atoms with E-state index in [2.05, 4.69) is 30.7 Å². The van der Waals surface area contributed by atoms with Gasteiger partial charge in [-0.1, -0.05) is 33.3 Å². The van der Waals surface area contributed by atoms with Gasteiger partial charge in [0.15, 0.2) is 0 Å². The van der Waals surface area contributed by atoms with Crippen molar-refractivity contribution in [2.75, 3.05) is 0 Å². The molecule has 22 heavy (non-hydrogen) atoms. The lowest BCUT2D eigenvalue weighted by Gasteiger charge is -2.07. The number of hydrogen-bond donors (Lipinski definition) is 1. The Labute approximate surface area is 140 Å². The molecule has 2 aromatic heterocycles. The van der Waals surface area contributed by atoms with Gasteiger partial charge in [0, 0.05) is 4.47 Å². The van der Waals surface area contributed by atoms with Crippen LogP contribution in [-0.4, -0.2) is 23.0 Å². The Hall–Kier alpha value is -1.29. The van der Waals surface area contributed by atoms with Crippen molar-refractivity contribution >= 4 is 42.3 Å². The van der Waals surface area contributed by atoms with Crippen LogP contribution in [0.1, 0.15) is 16.4 Å². The van der Waals surface area contributed by atoms with Gasteiger partial charge in [-0.05, 0) is 32.0 Å². The maximum Gasteiger partial charge on any atom is 0.240 e. The molecule has 3 rings (SSSR count). The van der Waals surface area contributed by atoms with E-state index in [1.54, 1.807) is 28.8 Å². The van der Waals surface area contributed by atoms with Crippen LogP contribution < -0.4 is 4.72 Å². The minimum atomic E-state index is -3.58. The first-order valence-corrected chi connectivity index (χ1v) is 9.53. The van der Waals surface area contributed by atoms with E-state index >= 15 is 0 Å². The van der Waals surface area contributed by atoms with Gasteiger partial charge >= 0.3 is 0 Å². The van der Waals surface area contributed by atoms with E-state index in [4.69, 9.17) is 0 Å². The van der Waals surface area contributed by atoms with Gasteiger partial charge in [0.25, 0.3) is 0 Å². The highest BCUT2D eigenvalue weighted by atomic mass is 79.9. The molecule has 0 atom stereocenters. The molecule has 0 amide bonds. The van der Waals surface area contributed by atoms with Crippen LogP contribution in [0.25, 0.3) is 4.96 Å². The summed E-state index contributed by atoms with van der Waals surface area (Å²) >= 11 is 4.75. The van der Waals surface area contributed by atoms with E-state index in [0.717, 1.165) is 21.4 Å². The van der Waals surface area contributed by atoms with Gasteiger partial charge in [0.2, 0.25) is 15.0 Å². The molecule has 9 heteroatoms. The number of fused-ring (bicyclic) bond motifs is 1. The van der Waals surface area contributed by atoms with Gasteiger partial charge in [0.05, 0.1) is 22.8 Å². The molecule has 116 valence electrons. The quantitative estimate of drug-likeness (QED) is 0.729. The van der Waals surface area contributed by atoms with Crippen LogP contribution in [0.5, 0.6) is 0 Å². The van der Waals surface area contributed by atoms with E-state index in [1.807, 2.05) is 13.8 Å².